The van der Waals surface area contributed by atoms with Gasteiger partial charge in [0.1, 0.15) is 6.04 Å². The Kier molecular flexibility index (Phi) is 9.05. The highest BCUT2D eigenvalue weighted by Gasteiger charge is 2.28. The number of nitrogens with zero attached hydrogens (tertiary/aromatic N) is 1. The van der Waals surface area contributed by atoms with Crippen molar-refractivity contribution >= 4 is 35.2 Å². The summed E-state index contributed by atoms with van der Waals surface area (Å²) in [6.45, 7) is 6.38. The third kappa shape index (κ3) is 6.79. The maximum atomic E-state index is 13.1. The fourth-order valence-electron chi connectivity index (χ4n) is 3.39. The Morgan fingerprint density at radius 3 is 2.38 bits per heavy atom. The summed E-state index contributed by atoms with van der Waals surface area (Å²) < 4.78 is 0. The predicted octanol–water partition coefficient (Wildman–Crippen LogP) is 4.74. The monoisotopic (exact) mass is 432 g/mol. The summed E-state index contributed by atoms with van der Waals surface area (Å²) >= 11 is 7.87. The van der Waals surface area contributed by atoms with Gasteiger partial charge in [0, 0.05) is 24.4 Å². The second kappa shape index (κ2) is 11.3. The van der Waals surface area contributed by atoms with Crippen LogP contribution < -0.4 is 5.32 Å². The zero-order valence-electron chi connectivity index (χ0n) is 17.5. The van der Waals surface area contributed by atoms with Crippen molar-refractivity contribution in [1.82, 2.24) is 10.2 Å². The van der Waals surface area contributed by atoms with E-state index in [0.29, 0.717) is 23.7 Å². The lowest BCUT2D eigenvalue weighted by Gasteiger charge is -2.30. The van der Waals surface area contributed by atoms with Crippen molar-refractivity contribution < 1.29 is 9.59 Å². The van der Waals surface area contributed by atoms with Gasteiger partial charge >= 0.3 is 0 Å². The molecule has 0 fully saturated rings. The third-order valence-electron chi connectivity index (χ3n) is 4.71. The lowest BCUT2D eigenvalue weighted by atomic mass is 10.1. The number of thioether (sulfide) groups is 1. The van der Waals surface area contributed by atoms with Gasteiger partial charge in [-0.2, -0.15) is 0 Å². The van der Waals surface area contributed by atoms with Gasteiger partial charge in [-0.3, -0.25) is 9.59 Å². The average Bonchev–Trinajstić information content (AvgIpc) is 2.68. The van der Waals surface area contributed by atoms with Crippen molar-refractivity contribution in [3.05, 3.63) is 69.7 Å². The zero-order valence-corrected chi connectivity index (χ0v) is 19.1. The van der Waals surface area contributed by atoms with Gasteiger partial charge in [-0.05, 0) is 37.5 Å². The Morgan fingerprint density at radius 2 is 1.79 bits per heavy atom. The fourth-order valence-corrected chi connectivity index (χ4v) is 4.43. The van der Waals surface area contributed by atoms with Crippen LogP contribution in [0.5, 0.6) is 0 Å². The van der Waals surface area contributed by atoms with Gasteiger partial charge in [0.2, 0.25) is 11.8 Å². The molecule has 0 saturated carbocycles. The molecule has 0 aliphatic carbocycles. The maximum absolute atomic E-state index is 13.1. The number of hydrogen-bond acceptors (Lipinski definition) is 3. The molecule has 0 aliphatic rings. The van der Waals surface area contributed by atoms with Crippen molar-refractivity contribution in [1.29, 1.82) is 0 Å². The Bertz CT molecular complexity index is 836. The van der Waals surface area contributed by atoms with E-state index < -0.39 is 6.04 Å². The van der Waals surface area contributed by atoms with Crippen molar-refractivity contribution in [2.24, 2.45) is 0 Å². The van der Waals surface area contributed by atoms with Crippen LogP contribution in [0.3, 0.4) is 0 Å². The van der Waals surface area contributed by atoms with Crippen LogP contribution in [-0.2, 0) is 21.9 Å². The van der Waals surface area contributed by atoms with E-state index in [-0.39, 0.29) is 11.8 Å². The molecule has 6 heteroatoms. The Hall–Kier alpha value is -1.98. The molecule has 4 nitrogen and oxygen atoms in total. The van der Waals surface area contributed by atoms with Crippen LogP contribution in [0.2, 0.25) is 5.02 Å². The van der Waals surface area contributed by atoms with Crippen LogP contribution in [0, 0.1) is 13.8 Å². The number of carbonyl (C=O) groups excluding carboxylic acids is 2. The molecule has 0 bridgehead atoms. The zero-order chi connectivity index (χ0) is 21.4. The van der Waals surface area contributed by atoms with Crippen LogP contribution in [0.15, 0.2) is 42.5 Å². The molecule has 0 saturated heterocycles. The van der Waals surface area contributed by atoms with E-state index in [9.17, 15) is 9.59 Å². The van der Waals surface area contributed by atoms with Gasteiger partial charge < -0.3 is 10.2 Å². The summed E-state index contributed by atoms with van der Waals surface area (Å²) in [6.07, 6.45) is 0.539. The highest BCUT2D eigenvalue weighted by atomic mass is 35.5. The lowest BCUT2D eigenvalue weighted by Crippen LogP contribution is -2.48. The second-order valence-electron chi connectivity index (χ2n) is 7.14. The normalized spacial score (nSPS) is 11.8. The summed E-state index contributed by atoms with van der Waals surface area (Å²) in [4.78, 5) is 27.1. The molecule has 156 valence electrons. The van der Waals surface area contributed by atoms with Gasteiger partial charge in [0.25, 0.3) is 0 Å². The SMILES string of the molecule is CC[C@H](C(=O)NC)N(Cc1ccccc1Cl)C(=O)CSCc1cc(C)cc(C)c1. The number of aryl methyl sites for hydroxylation is 2. The number of rotatable bonds is 9. The van der Waals surface area contributed by atoms with Crippen molar-refractivity contribution in [3.8, 4) is 0 Å². The van der Waals surface area contributed by atoms with E-state index in [0.717, 1.165) is 11.3 Å². The molecule has 29 heavy (non-hydrogen) atoms. The maximum Gasteiger partial charge on any atom is 0.242 e. The summed E-state index contributed by atoms with van der Waals surface area (Å²) in [5, 5.41) is 3.27. The van der Waals surface area contributed by atoms with Gasteiger partial charge in [-0.25, -0.2) is 0 Å². The van der Waals surface area contributed by atoms with Gasteiger partial charge in [-0.15, -0.1) is 11.8 Å². The predicted molar refractivity (Wildman–Crippen MR) is 122 cm³/mol. The number of benzene rings is 2. The topological polar surface area (TPSA) is 49.4 Å². The minimum atomic E-state index is -0.523. The number of carbonyl (C=O) groups is 2. The van der Waals surface area contributed by atoms with E-state index in [2.05, 4.69) is 37.4 Å². The molecule has 0 unspecified atom stereocenters. The second-order valence-corrected chi connectivity index (χ2v) is 8.53. The highest BCUT2D eigenvalue weighted by molar-refractivity contribution is 7.99. The minimum Gasteiger partial charge on any atom is -0.357 e. The largest absolute Gasteiger partial charge is 0.357 e. The number of halogens is 1. The molecular formula is C23H29ClN2O2S. The first-order valence-corrected chi connectivity index (χ1v) is 11.3. The van der Waals surface area contributed by atoms with E-state index in [4.69, 9.17) is 11.6 Å². The average molecular weight is 433 g/mol. The number of amides is 2. The Morgan fingerprint density at radius 1 is 1.14 bits per heavy atom. The van der Waals surface area contributed by atoms with E-state index in [1.807, 2.05) is 25.1 Å². The number of hydrogen-bond donors (Lipinski definition) is 1. The molecular weight excluding hydrogens is 404 g/mol. The highest BCUT2D eigenvalue weighted by Crippen LogP contribution is 2.22. The van der Waals surface area contributed by atoms with Crippen molar-refractivity contribution in [2.75, 3.05) is 12.8 Å². The smallest absolute Gasteiger partial charge is 0.242 e. The number of nitrogens with one attached hydrogen (secondary N) is 1. The molecule has 0 heterocycles. The molecule has 2 rings (SSSR count). The van der Waals surface area contributed by atoms with Crippen LogP contribution in [0.4, 0.5) is 0 Å². The van der Waals surface area contributed by atoms with Crippen LogP contribution in [0.25, 0.3) is 0 Å². The first-order chi connectivity index (χ1) is 13.8. The minimum absolute atomic E-state index is 0.0604. The molecule has 2 aromatic carbocycles. The van der Waals surface area contributed by atoms with E-state index in [1.54, 1.807) is 29.8 Å². The molecule has 0 aromatic heterocycles. The molecule has 0 radical (unpaired) electrons. The van der Waals surface area contributed by atoms with Gasteiger partial charge in [-0.1, -0.05) is 66.0 Å². The molecule has 0 aliphatic heterocycles. The summed E-state index contributed by atoms with van der Waals surface area (Å²) in [6, 6.07) is 13.3. The summed E-state index contributed by atoms with van der Waals surface area (Å²) in [7, 11) is 1.60. The van der Waals surface area contributed by atoms with Gasteiger partial charge in [0.05, 0.1) is 5.75 Å². The van der Waals surface area contributed by atoms with Crippen molar-refractivity contribution in [2.45, 2.75) is 45.5 Å². The molecule has 1 atom stereocenters. The van der Waals surface area contributed by atoms with E-state index >= 15 is 0 Å². The Labute approximate surface area is 183 Å². The molecule has 1 N–H and O–H groups in total. The molecule has 2 amide bonds. The molecule has 0 spiro atoms. The van der Waals surface area contributed by atoms with Crippen molar-refractivity contribution in [3.63, 3.8) is 0 Å². The first-order valence-electron chi connectivity index (χ1n) is 9.75. The lowest BCUT2D eigenvalue weighted by molar-refractivity contribution is -0.139. The fraction of sp³-hybridized carbons (Fsp3) is 0.391. The molecule has 2 aromatic rings. The summed E-state index contributed by atoms with van der Waals surface area (Å²) in [5.41, 5.74) is 4.48. The van der Waals surface area contributed by atoms with Crippen LogP contribution >= 0.6 is 23.4 Å². The third-order valence-corrected chi connectivity index (χ3v) is 6.06. The quantitative estimate of drug-likeness (QED) is 0.622. The van der Waals surface area contributed by atoms with Gasteiger partial charge in [0.15, 0.2) is 0 Å². The summed E-state index contributed by atoms with van der Waals surface area (Å²) in [5.74, 6) is 0.845. The van der Waals surface area contributed by atoms with E-state index in [1.165, 1.54) is 16.7 Å². The van der Waals surface area contributed by atoms with Crippen LogP contribution in [0.1, 0.15) is 35.6 Å². The number of likely N-dealkylation sites (N-methyl/N-ethyl adjacent to an activating group) is 1. The standard InChI is InChI=1S/C23H29ClN2O2S/c1-5-21(23(28)25-4)26(13-19-8-6-7-9-20(19)24)22(27)15-29-14-18-11-16(2)10-17(3)12-18/h6-12,21H,5,13-15H2,1-4H3,(H,25,28)/t21-/m1/s1. The first kappa shape index (κ1) is 23.3. The Balaban J connectivity index is 2.12. The van der Waals surface area contributed by atoms with Crippen LogP contribution in [-0.4, -0.2) is 35.6 Å².